The van der Waals surface area contributed by atoms with Gasteiger partial charge < -0.3 is 10.5 Å². The molecule has 0 heterocycles. The van der Waals surface area contributed by atoms with E-state index in [0.717, 1.165) is 32.2 Å². The van der Waals surface area contributed by atoms with Crippen molar-refractivity contribution in [3.8, 4) is 0 Å². The molecule has 2 unspecified atom stereocenters. The minimum atomic E-state index is 0.202. The van der Waals surface area contributed by atoms with Gasteiger partial charge in [0.05, 0.1) is 6.61 Å². The molecule has 0 aromatic rings. The summed E-state index contributed by atoms with van der Waals surface area (Å²) in [4.78, 5) is 2.57. The van der Waals surface area contributed by atoms with Crippen molar-refractivity contribution in [2.75, 3.05) is 33.4 Å². The van der Waals surface area contributed by atoms with Crippen molar-refractivity contribution in [3.05, 3.63) is 0 Å². The summed E-state index contributed by atoms with van der Waals surface area (Å²) in [6, 6.07) is 0. The predicted octanol–water partition coefficient (Wildman–Crippen LogP) is 3.28. The Bertz CT molecular complexity index is 275. The highest BCUT2D eigenvalue weighted by atomic mass is 16.5. The van der Waals surface area contributed by atoms with Gasteiger partial charge >= 0.3 is 0 Å². The lowest BCUT2D eigenvalue weighted by Gasteiger charge is -2.43. The standard InChI is InChI=1S/C17H36N2O/c1-6-19(12-13-20-5)17(14-18)10-7-8-15(9-11-17)16(2,3)4/h15H,6-14,18H2,1-5H3. The van der Waals surface area contributed by atoms with Crippen molar-refractivity contribution >= 4 is 0 Å². The van der Waals surface area contributed by atoms with Crippen molar-refractivity contribution in [3.63, 3.8) is 0 Å². The summed E-state index contributed by atoms with van der Waals surface area (Å²) < 4.78 is 5.28. The third-order valence-corrected chi connectivity index (χ3v) is 5.38. The van der Waals surface area contributed by atoms with Gasteiger partial charge in [-0.1, -0.05) is 34.1 Å². The van der Waals surface area contributed by atoms with E-state index in [9.17, 15) is 0 Å². The number of nitrogens with two attached hydrogens (primary N) is 1. The van der Waals surface area contributed by atoms with E-state index in [4.69, 9.17) is 10.5 Å². The lowest BCUT2D eigenvalue weighted by Crippen LogP contribution is -2.54. The van der Waals surface area contributed by atoms with Gasteiger partial charge in [0.25, 0.3) is 0 Å². The summed E-state index contributed by atoms with van der Waals surface area (Å²) in [6.07, 6.45) is 6.45. The number of hydrogen-bond donors (Lipinski definition) is 1. The van der Waals surface area contributed by atoms with Crippen molar-refractivity contribution in [2.24, 2.45) is 17.1 Å². The van der Waals surface area contributed by atoms with Gasteiger partial charge in [0, 0.05) is 25.7 Å². The predicted molar refractivity (Wildman–Crippen MR) is 86.9 cm³/mol. The van der Waals surface area contributed by atoms with Crippen LogP contribution in [0.2, 0.25) is 0 Å². The Morgan fingerprint density at radius 2 is 1.95 bits per heavy atom. The molecule has 0 saturated heterocycles. The van der Waals surface area contributed by atoms with Crippen LogP contribution in [0.5, 0.6) is 0 Å². The molecule has 2 atom stereocenters. The second kappa shape index (κ2) is 7.77. The molecule has 0 radical (unpaired) electrons. The third kappa shape index (κ3) is 4.44. The van der Waals surface area contributed by atoms with Crippen LogP contribution in [0.15, 0.2) is 0 Å². The summed E-state index contributed by atoms with van der Waals surface area (Å²) in [6.45, 7) is 13.1. The van der Waals surface area contributed by atoms with E-state index in [2.05, 4.69) is 32.6 Å². The van der Waals surface area contributed by atoms with Crippen LogP contribution >= 0.6 is 0 Å². The molecule has 0 aromatic heterocycles. The molecule has 0 bridgehead atoms. The van der Waals surface area contributed by atoms with Gasteiger partial charge in [0.1, 0.15) is 0 Å². The van der Waals surface area contributed by atoms with E-state index < -0.39 is 0 Å². The van der Waals surface area contributed by atoms with E-state index in [-0.39, 0.29) is 5.54 Å². The monoisotopic (exact) mass is 284 g/mol. The third-order valence-electron chi connectivity index (χ3n) is 5.38. The topological polar surface area (TPSA) is 38.5 Å². The molecule has 1 saturated carbocycles. The summed E-state index contributed by atoms with van der Waals surface area (Å²) >= 11 is 0. The largest absolute Gasteiger partial charge is 0.383 e. The van der Waals surface area contributed by atoms with Crippen LogP contribution in [0.1, 0.15) is 59.8 Å². The first-order valence-corrected chi connectivity index (χ1v) is 8.33. The van der Waals surface area contributed by atoms with Crippen molar-refractivity contribution < 1.29 is 4.74 Å². The summed E-state index contributed by atoms with van der Waals surface area (Å²) in [5.74, 6) is 0.831. The van der Waals surface area contributed by atoms with Crippen molar-refractivity contribution in [1.82, 2.24) is 4.90 Å². The molecule has 0 aromatic carbocycles. The molecule has 20 heavy (non-hydrogen) atoms. The fraction of sp³-hybridized carbons (Fsp3) is 1.00. The second-order valence-electron chi connectivity index (χ2n) is 7.49. The Balaban J connectivity index is 2.77. The van der Waals surface area contributed by atoms with E-state index in [0.29, 0.717) is 5.41 Å². The zero-order valence-corrected chi connectivity index (χ0v) is 14.4. The minimum absolute atomic E-state index is 0.202. The first-order valence-electron chi connectivity index (χ1n) is 8.33. The van der Waals surface area contributed by atoms with Gasteiger partial charge in [-0.2, -0.15) is 0 Å². The molecule has 0 aliphatic heterocycles. The molecule has 120 valence electrons. The summed E-state index contributed by atoms with van der Waals surface area (Å²) in [5, 5.41) is 0. The number of rotatable bonds is 6. The van der Waals surface area contributed by atoms with Gasteiger partial charge in [0.15, 0.2) is 0 Å². The zero-order valence-electron chi connectivity index (χ0n) is 14.4. The molecular weight excluding hydrogens is 248 g/mol. The molecular formula is C17H36N2O. The van der Waals surface area contributed by atoms with Crippen LogP contribution in [-0.2, 0) is 4.74 Å². The van der Waals surface area contributed by atoms with Gasteiger partial charge in [0.2, 0.25) is 0 Å². The number of hydrogen-bond acceptors (Lipinski definition) is 3. The maximum Gasteiger partial charge on any atom is 0.0589 e. The molecule has 0 amide bonds. The fourth-order valence-corrected chi connectivity index (χ4v) is 3.84. The molecule has 3 nitrogen and oxygen atoms in total. The number of ether oxygens (including phenoxy) is 1. The lowest BCUT2D eigenvalue weighted by atomic mass is 9.76. The van der Waals surface area contributed by atoms with Crippen molar-refractivity contribution in [2.45, 2.75) is 65.3 Å². The molecule has 1 aliphatic rings. The number of nitrogens with zero attached hydrogens (tertiary/aromatic N) is 1. The van der Waals surface area contributed by atoms with Crippen LogP contribution in [0.25, 0.3) is 0 Å². The normalized spacial score (nSPS) is 28.6. The molecule has 2 N–H and O–H groups in total. The SMILES string of the molecule is CCN(CCOC)C1(CN)CCCC(C(C)(C)C)CC1. The van der Waals surface area contributed by atoms with Crippen LogP contribution in [0.4, 0.5) is 0 Å². The Labute approximate surface area is 126 Å². The average molecular weight is 284 g/mol. The average Bonchev–Trinajstić information content (AvgIpc) is 2.63. The zero-order chi connectivity index (χ0) is 15.2. The van der Waals surface area contributed by atoms with Gasteiger partial charge in [-0.15, -0.1) is 0 Å². The Morgan fingerprint density at radius 3 is 2.45 bits per heavy atom. The van der Waals surface area contributed by atoms with Crippen LogP contribution in [0, 0.1) is 11.3 Å². The van der Waals surface area contributed by atoms with Crippen LogP contribution in [0.3, 0.4) is 0 Å². The number of likely N-dealkylation sites (N-methyl/N-ethyl adjacent to an activating group) is 1. The molecule has 1 aliphatic carbocycles. The fourth-order valence-electron chi connectivity index (χ4n) is 3.84. The summed E-state index contributed by atoms with van der Waals surface area (Å²) in [7, 11) is 1.78. The van der Waals surface area contributed by atoms with Gasteiger partial charge in [-0.3, -0.25) is 4.90 Å². The van der Waals surface area contributed by atoms with Gasteiger partial charge in [-0.05, 0) is 43.6 Å². The highest BCUT2D eigenvalue weighted by molar-refractivity contribution is 4.95. The van der Waals surface area contributed by atoms with E-state index in [1.54, 1.807) is 7.11 Å². The summed E-state index contributed by atoms with van der Waals surface area (Å²) in [5.41, 5.74) is 6.85. The van der Waals surface area contributed by atoms with E-state index in [1.807, 2.05) is 0 Å². The second-order valence-corrected chi connectivity index (χ2v) is 7.49. The van der Waals surface area contributed by atoms with Gasteiger partial charge in [-0.25, -0.2) is 0 Å². The molecule has 1 rings (SSSR count). The quantitative estimate of drug-likeness (QED) is 0.761. The first-order chi connectivity index (χ1) is 9.39. The van der Waals surface area contributed by atoms with Crippen LogP contribution < -0.4 is 5.73 Å². The molecule has 3 heteroatoms. The molecule has 0 spiro atoms. The maximum atomic E-state index is 6.23. The van der Waals surface area contributed by atoms with E-state index >= 15 is 0 Å². The first kappa shape index (κ1) is 17.9. The highest BCUT2D eigenvalue weighted by Crippen LogP contribution is 2.41. The van der Waals surface area contributed by atoms with E-state index in [1.165, 1.54) is 32.1 Å². The van der Waals surface area contributed by atoms with Crippen molar-refractivity contribution in [1.29, 1.82) is 0 Å². The highest BCUT2D eigenvalue weighted by Gasteiger charge is 2.38. The van der Waals surface area contributed by atoms with Crippen LogP contribution in [-0.4, -0.2) is 43.8 Å². The smallest absolute Gasteiger partial charge is 0.0589 e. The maximum absolute atomic E-state index is 6.23. The Hall–Kier alpha value is -0.120. The molecule has 1 fully saturated rings. The number of methoxy groups -OCH3 is 1. The Kier molecular flexibility index (Phi) is 6.96. The minimum Gasteiger partial charge on any atom is -0.383 e. The lowest BCUT2D eigenvalue weighted by molar-refractivity contribution is 0.0509. The Morgan fingerprint density at radius 1 is 1.25 bits per heavy atom.